The minimum Gasteiger partial charge on any atom is -0.381 e. The Bertz CT molecular complexity index is 421. The number of aromatic nitrogens is 2. The second-order valence-corrected chi connectivity index (χ2v) is 5.80. The molecular weight excluding hydrogens is 242 g/mol. The number of nitrogens with two attached hydrogens (primary N) is 1. The molecule has 3 rings (SSSR count). The van der Waals surface area contributed by atoms with Crippen LogP contribution in [0.1, 0.15) is 37.4 Å². The van der Waals surface area contributed by atoms with Crippen LogP contribution in [0.5, 0.6) is 0 Å². The van der Waals surface area contributed by atoms with Crippen molar-refractivity contribution in [2.45, 2.75) is 37.3 Å². The first kappa shape index (κ1) is 13.1. The molecule has 5 heteroatoms. The molecule has 0 radical (unpaired) electrons. The molecule has 2 aliphatic rings. The van der Waals surface area contributed by atoms with Gasteiger partial charge in [0.15, 0.2) is 0 Å². The Balaban J connectivity index is 1.72. The summed E-state index contributed by atoms with van der Waals surface area (Å²) in [5, 5.41) is 4.22. The van der Waals surface area contributed by atoms with E-state index < -0.39 is 0 Å². The van der Waals surface area contributed by atoms with E-state index in [1.165, 1.54) is 0 Å². The maximum absolute atomic E-state index is 6.46. The molecule has 2 fully saturated rings. The van der Waals surface area contributed by atoms with Gasteiger partial charge < -0.3 is 15.2 Å². The Kier molecular flexibility index (Phi) is 3.60. The Hall–Kier alpha value is -0.910. The first-order chi connectivity index (χ1) is 9.20. The van der Waals surface area contributed by atoms with Crippen molar-refractivity contribution < 1.29 is 9.47 Å². The summed E-state index contributed by atoms with van der Waals surface area (Å²) in [5.41, 5.74) is 7.59. The minimum absolute atomic E-state index is 0.0113. The quantitative estimate of drug-likeness (QED) is 0.878. The van der Waals surface area contributed by atoms with Gasteiger partial charge in [0.2, 0.25) is 0 Å². The summed E-state index contributed by atoms with van der Waals surface area (Å²) in [6.45, 7) is 2.44. The van der Waals surface area contributed by atoms with Gasteiger partial charge in [-0.3, -0.25) is 4.68 Å². The predicted octanol–water partition coefficient (Wildman–Crippen LogP) is 1.40. The van der Waals surface area contributed by atoms with E-state index in [1.807, 2.05) is 24.0 Å². The zero-order valence-electron chi connectivity index (χ0n) is 11.5. The van der Waals surface area contributed by atoms with E-state index in [0.29, 0.717) is 5.92 Å². The third-order valence-corrected chi connectivity index (χ3v) is 4.64. The smallest absolute Gasteiger partial charge is 0.0729 e. The summed E-state index contributed by atoms with van der Waals surface area (Å²) in [6.07, 6.45) is 5.90. The van der Waals surface area contributed by atoms with Gasteiger partial charge in [0.25, 0.3) is 0 Å². The van der Waals surface area contributed by atoms with Gasteiger partial charge >= 0.3 is 0 Å². The van der Waals surface area contributed by atoms with Crippen LogP contribution in [0.2, 0.25) is 0 Å². The Morgan fingerprint density at radius 1 is 1.42 bits per heavy atom. The van der Waals surface area contributed by atoms with Gasteiger partial charge in [-0.05, 0) is 37.7 Å². The van der Waals surface area contributed by atoms with Crippen molar-refractivity contribution in [1.29, 1.82) is 0 Å². The van der Waals surface area contributed by atoms with Crippen LogP contribution in [0.3, 0.4) is 0 Å². The number of hydrogen-bond acceptors (Lipinski definition) is 4. The lowest BCUT2D eigenvalue weighted by Crippen LogP contribution is -2.46. The fourth-order valence-corrected chi connectivity index (χ4v) is 3.42. The normalized spacial score (nSPS) is 28.4. The maximum Gasteiger partial charge on any atom is 0.0729 e. The van der Waals surface area contributed by atoms with E-state index in [0.717, 1.165) is 51.2 Å². The molecule has 2 saturated heterocycles. The van der Waals surface area contributed by atoms with E-state index in [1.54, 1.807) is 0 Å². The fraction of sp³-hybridized carbons (Fsp3) is 0.786. The summed E-state index contributed by atoms with van der Waals surface area (Å²) >= 11 is 0. The van der Waals surface area contributed by atoms with E-state index in [4.69, 9.17) is 15.2 Å². The largest absolute Gasteiger partial charge is 0.381 e. The van der Waals surface area contributed by atoms with Crippen molar-refractivity contribution in [3.05, 3.63) is 18.0 Å². The standard InChI is InChI=1S/C14H23N3O2/c1-17-12(2-6-16-17)13(15)11-3-7-19-14(10-11)4-8-18-9-5-14/h2,6,11,13H,3-5,7-10,15H2,1H3. The van der Waals surface area contributed by atoms with Gasteiger partial charge in [0.1, 0.15) is 0 Å². The highest BCUT2D eigenvalue weighted by atomic mass is 16.5. The molecule has 2 N–H and O–H groups in total. The van der Waals surface area contributed by atoms with Crippen molar-refractivity contribution in [3.8, 4) is 0 Å². The summed E-state index contributed by atoms with van der Waals surface area (Å²) < 4.78 is 13.4. The Morgan fingerprint density at radius 3 is 2.89 bits per heavy atom. The van der Waals surface area contributed by atoms with E-state index in [-0.39, 0.29) is 11.6 Å². The summed E-state index contributed by atoms with van der Waals surface area (Å²) in [7, 11) is 1.96. The van der Waals surface area contributed by atoms with Crippen molar-refractivity contribution in [2.75, 3.05) is 19.8 Å². The van der Waals surface area contributed by atoms with Crippen molar-refractivity contribution in [3.63, 3.8) is 0 Å². The summed E-state index contributed by atoms with van der Waals surface area (Å²) in [5.74, 6) is 0.474. The summed E-state index contributed by atoms with van der Waals surface area (Å²) in [4.78, 5) is 0. The number of rotatable bonds is 2. The molecule has 0 bridgehead atoms. The molecule has 1 spiro atoms. The van der Waals surface area contributed by atoms with Crippen LogP contribution in [0.25, 0.3) is 0 Å². The van der Waals surface area contributed by atoms with Crippen LogP contribution in [0, 0.1) is 5.92 Å². The second kappa shape index (κ2) is 5.23. The highest BCUT2D eigenvalue weighted by molar-refractivity contribution is 5.08. The topological polar surface area (TPSA) is 62.3 Å². The molecule has 106 valence electrons. The van der Waals surface area contributed by atoms with Crippen molar-refractivity contribution in [2.24, 2.45) is 18.7 Å². The number of hydrogen-bond donors (Lipinski definition) is 1. The van der Waals surface area contributed by atoms with Gasteiger partial charge in [-0.25, -0.2) is 0 Å². The Morgan fingerprint density at radius 2 is 2.21 bits per heavy atom. The molecule has 3 heterocycles. The van der Waals surface area contributed by atoms with Crippen molar-refractivity contribution in [1.82, 2.24) is 9.78 Å². The zero-order chi connectivity index (χ0) is 13.3. The number of nitrogens with zero attached hydrogens (tertiary/aromatic N) is 2. The average molecular weight is 265 g/mol. The van der Waals surface area contributed by atoms with Gasteiger partial charge in [-0.2, -0.15) is 5.10 Å². The molecule has 0 saturated carbocycles. The highest BCUT2D eigenvalue weighted by Crippen LogP contribution is 2.40. The molecule has 1 aromatic heterocycles. The second-order valence-electron chi connectivity index (χ2n) is 5.80. The lowest BCUT2D eigenvalue weighted by atomic mass is 9.77. The van der Waals surface area contributed by atoms with Gasteiger partial charge in [0, 0.05) is 39.1 Å². The minimum atomic E-state index is 0.0113. The first-order valence-electron chi connectivity index (χ1n) is 7.15. The van der Waals surface area contributed by atoms with E-state index in [2.05, 4.69) is 5.10 Å². The molecule has 2 aliphatic heterocycles. The molecule has 1 aromatic rings. The SMILES string of the molecule is Cn1nccc1C(N)C1CCOC2(CCOCC2)C1. The monoisotopic (exact) mass is 265 g/mol. The zero-order valence-corrected chi connectivity index (χ0v) is 11.5. The maximum atomic E-state index is 6.46. The molecular formula is C14H23N3O2. The first-order valence-corrected chi connectivity index (χ1v) is 7.15. The van der Waals surface area contributed by atoms with Gasteiger partial charge in [-0.15, -0.1) is 0 Å². The molecule has 19 heavy (non-hydrogen) atoms. The van der Waals surface area contributed by atoms with Crippen LogP contribution in [-0.2, 0) is 16.5 Å². The van der Waals surface area contributed by atoms with Gasteiger partial charge in [-0.1, -0.05) is 0 Å². The van der Waals surface area contributed by atoms with Crippen LogP contribution in [-0.4, -0.2) is 35.2 Å². The van der Waals surface area contributed by atoms with Crippen LogP contribution < -0.4 is 5.73 Å². The fourth-order valence-electron chi connectivity index (χ4n) is 3.42. The van der Waals surface area contributed by atoms with Crippen LogP contribution in [0.4, 0.5) is 0 Å². The molecule has 2 unspecified atom stereocenters. The van der Waals surface area contributed by atoms with E-state index in [9.17, 15) is 0 Å². The number of aryl methyl sites for hydroxylation is 1. The Labute approximate surface area is 114 Å². The van der Waals surface area contributed by atoms with Crippen LogP contribution in [0.15, 0.2) is 12.3 Å². The molecule has 0 aliphatic carbocycles. The lowest BCUT2D eigenvalue weighted by molar-refractivity contribution is -0.149. The molecule has 5 nitrogen and oxygen atoms in total. The number of ether oxygens (including phenoxy) is 2. The summed E-state index contributed by atoms with van der Waals surface area (Å²) in [6, 6.07) is 2.08. The lowest BCUT2D eigenvalue weighted by Gasteiger charge is -2.44. The van der Waals surface area contributed by atoms with E-state index >= 15 is 0 Å². The van der Waals surface area contributed by atoms with Crippen LogP contribution >= 0.6 is 0 Å². The van der Waals surface area contributed by atoms with Gasteiger partial charge in [0.05, 0.1) is 11.3 Å². The highest BCUT2D eigenvalue weighted by Gasteiger charge is 2.41. The third kappa shape index (κ3) is 2.55. The molecule has 0 amide bonds. The molecule has 0 aromatic carbocycles. The average Bonchev–Trinajstić information content (AvgIpc) is 2.85. The third-order valence-electron chi connectivity index (χ3n) is 4.64. The predicted molar refractivity (Wildman–Crippen MR) is 71.6 cm³/mol. The van der Waals surface area contributed by atoms with Crippen molar-refractivity contribution >= 4 is 0 Å². The molecule has 2 atom stereocenters.